The summed E-state index contributed by atoms with van der Waals surface area (Å²) >= 11 is 1.83. The van der Waals surface area contributed by atoms with Crippen LogP contribution in [0.25, 0.3) is 11.4 Å². The Morgan fingerprint density at radius 3 is 2.61 bits per heavy atom. The number of aromatic nitrogens is 4. The zero-order valence-electron chi connectivity index (χ0n) is 15.7. The molecule has 2 aromatic carbocycles. The molecular formula is C21H22N6S. The van der Waals surface area contributed by atoms with Crippen LogP contribution in [-0.4, -0.2) is 38.2 Å². The maximum atomic E-state index is 4.15. The zero-order valence-corrected chi connectivity index (χ0v) is 16.5. The summed E-state index contributed by atoms with van der Waals surface area (Å²) < 4.78 is 0. The standard InChI is InChI=1S/C21H22N6S/c1-21(11-14-7-8-15(12-21)22-14)27-16-4-2-3-5-18(16)28-19-10-13(6-9-17(19)27)20-23-25-26-24-20/h2-6,9-10,14-15,22H,7-8,11-12H2,1H3,(H,23,24,25,26). The number of rotatable bonds is 2. The summed E-state index contributed by atoms with van der Waals surface area (Å²) in [5.41, 5.74) is 3.72. The average Bonchev–Trinajstić information content (AvgIpc) is 3.35. The Balaban J connectivity index is 1.50. The van der Waals surface area contributed by atoms with Gasteiger partial charge < -0.3 is 10.2 Å². The van der Waals surface area contributed by atoms with Gasteiger partial charge in [-0.05, 0) is 68.2 Å². The highest BCUT2D eigenvalue weighted by Gasteiger charge is 2.46. The van der Waals surface area contributed by atoms with Crippen molar-refractivity contribution in [3.05, 3.63) is 42.5 Å². The van der Waals surface area contributed by atoms with Gasteiger partial charge in [-0.2, -0.15) is 5.21 Å². The fraction of sp³-hybridized carbons (Fsp3) is 0.381. The van der Waals surface area contributed by atoms with E-state index >= 15 is 0 Å². The van der Waals surface area contributed by atoms with E-state index in [1.807, 2.05) is 11.8 Å². The van der Waals surface area contributed by atoms with Crippen molar-refractivity contribution in [1.82, 2.24) is 25.9 Å². The summed E-state index contributed by atoms with van der Waals surface area (Å²) in [5, 5.41) is 18.4. The maximum Gasteiger partial charge on any atom is 0.204 e. The van der Waals surface area contributed by atoms with Crippen LogP contribution in [0.3, 0.4) is 0 Å². The number of nitrogens with one attached hydrogen (secondary N) is 2. The van der Waals surface area contributed by atoms with E-state index in [0.717, 1.165) is 5.56 Å². The van der Waals surface area contributed by atoms with Crippen LogP contribution in [-0.2, 0) is 0 Å². The Labute approximate surface area is 168 Å². The van der Waals surface area contributed by atoms with Crippen molar-refractivity contribution >= 4 is 23.1 Å². The Morgan fingerprint density at radius 2 is 1.82 bits per heavy atom. The predicted octanol–water partition coefficient (Wildman–Crippen LogP) is 4.14. The molecule has 3 aliphatic heterocycles. The first-order chi connectivity index (χ1) is 13.7. The van der Waals surface area contributed by atoms with Crippen molar-refractivity contribution in [1.29, 1.82) is 0 Å². The molecule has 0 radical (unpaired) electrons. The summed E-state index contributed by atoms with van der Waals surface area (Å²) in [6, 6.07) is 16.6. The quantitative estimate of drug-likeness (QED) is 0.685. The van der Waals surface area contributed by atoms with Crippen molar-refractivity contribution in [2.45, 2.75) is 60.0 Å². The molecule has 2 fully saturated rings. The Bertz CT molecular complexity index is 1020. The molecule has 6 rings (SSSR count). The van der Waals surface area contributed by atoms with Gasteiger partial charge in [0.2, 0.25) is 5.82 Å². The van der Waals surface area contributed by atoms with Crippen molar-refractivity contribution in [3.63, 3.8) is 0 Å². The minimum Gasteiger partial charge on any atom is -0.334 e. The fourth-order valence-electron chi connectivity index (χ4n) is 5.31. The number of tetrazole rings is 1. The molecule has 2 unspecified atom stereocenters. The number of hydrogen-bond donors (Lipinski definition) is 2. The SMILES string of the molecule is CC1(N2c3ccccc3Sc3cc(-c4nn[nH]n4)ccc32)CC2CCC(C1)N2. The fourth-order valence-corrected chi connectivity index (χ4v) is 6.41. The van der Waals surface area contributed by atoms with Crippen LogP contribution in [0.4, 0.5) is 11.4 Å². The number of anilines is 2. The molecule has 0 spiro atoms. The highest BCUT2D eigenvalue weighted by atomic mass is 32.2. The summed E-state index contributed by atoms with van der Waals surface area (Å²) in [6.45, 7) is 2.45. The van der Waals surface area contributed by atoms with Crippen LogP contribution in [0, 0.1) is 0 Å². The molecule has 142 valence electrons. The number of benzene rings is 2. The van der Waals surface area contributed by atoms with Gasteiger partial charge in [0.25, 0.3) is 0 Å². The lowest BCUT2D eigenvalue weighted by molar-refractivity contribution is 0.268. The molecular weight excluding hydrogens is 368 g/mol. The molecule has 1 aromatic heterocycles. The lowest BCUT2D eigenvalue weighted by Crippen LogP contribution is -2.55. The monoisotopic (exact) mass is 390 g/mol. The van der Waals surface area contributed by atoms with Gasteiger partial charge in [-0.3, -0.25) is 0 Å². The van der Waals surface area contributed by atoms with E-state index in [0.29, 0.717) is 17.9 Å². The van der Waals surface area contributed by atoms with Gasteiger partial charge >= 0.3 is 0 Å². The first kappa shape index (κ1) is 16.6. The molecule has 0 amide bonds. The zero-order chi connectivity index (χ0) is 18.7. The minimum absolute atomic E-state index is 0.108. The van der Waals surface area contributed by atoms with Gasteiger partial charge in [-0.1, -0.05) is 23.9 Å². The van der Waals surface area contributed by atoms with Crippen LogP contribution < -0.4 is 10.2 Å². The summed E-state index contributed by atoms with van der Waals surface area (Å²) in [4.78, 5) is 5.18. The van der Waals surface area contributed by atoms with E-state index in [2.05, 4.69) is 80.2 Å². The van der Waals surface area contributed by atoms with Crippen molar-refractivity contribution in [2.24, 2.45) is 0 Å². The lowest BCUT2D eigenvalue weighted by Gasteiger charge is -2.50. The van der Waals surface area contributed by atoms with Crippen molar-refractivity contribution in [2.75, 3.05) is 4.90 Å². The third-order valence-electron chi connectivity index (χ3n) is 6.38. The predicted molar refractivity (Wildman–Crippen MR) is 110 cm³/mol. The van der Waals surface area contributed by atoms with Gasteiger partial charge in [-0.15, -0.1) is 10.2 Å². The first-order valence-electron chi connectivity index (χ1n) is 9.91. The molecule has 3 aromatic rings. The highest BCUT2D eigenvalue weighted by Crippen LogP contribution is 2.54. The van der Waals surface area contributed by atoms with Gasteiger partial charge in [0.15, 0.2) is 0 Å². The molecule has 2 atom stereocenters. The summed E-state index contributed by atoms with van der Waals surface area (Å²) in [5.74, 6) is 0.639. The summed E-state index contributed by atoms with van der Waals surface area (Å²) in [7, 11) is 0. The normalized spacial score (nSPS) is 28.1. The Kier molecular flexibility index (Phi) is 3.58. The van der Waals surface area contributed by atoms with Gasteiger partial charge in [0.1, 0.15) is 0 Å². The van der Waals surface area contributed by atoms with E-state index in [4.69, 9.17) is 0 Å². The molecule has 6 nitrogen and oxygen atoms in total. The number of para-hydroxylation sites is 1. The highest BCUT2D eigenvalue weighted by molar-refractivity contribution is 7.99. The number of aromatic amines is 1. The van der Waals surface area contributed by atoms with Crippen molar-refractivity contribution < 1.29 is 0 Å². The van der Waals surface area contributed by atoms with Crippen LogP contribution in [0.1, 0.15) is 32.6 Å². The van der Waals surface area contributed by atoms with Gasteiger partial charge in [0.05, 0.1) is 11.4 Å². The number of fused-ring (bicyclic) bond motifs is 4. The second-order valence-electron chi connectivity index (χ2n) is 8.37. The second kappa shape index (κ2) is 6.06. The third-order valence-corrected chi connectivity index (χ3v) is 7.49. The number of hydrogen-bond acceptors (Lipinski definition) is 6. The maximum absolute atomic E-state index is 4.15. The van der Waals surface area contributed by atoms with Gasteiger partial charge in [-0.25, -0.2) is 0 Å². The molecule has 0 saturated carbocycles. The molecule has 3 aliphatic rings. The van der Waals surface area contributed by atoms with E-state index in [-0.39, 0.29) is 5.54 Å². The lowest BCUT2D eigenvalue weighted by atomic mass is 9.83. The molecule has 7 heteroatoms. The van der Waals surface area contributed by atoms with Gasteiger partial charge in [0, 0.05) is 33.0 Å². The van der Waals surface area contributed by atoms with Crippen LogP contribution in [0.5, 0.6) is 0 Å². The van der Waals surface area contributed by atoms with Crippen LogP contribution in [0.15, 0.2) is 52.3 Å². The Morgan fingerprint density at radius 1 is 1.04 bits per heavy atom. The molecule has 28 heavy (non-hydrogen) atoms. The largest absolute Gasteiger partial charge is 0.334 e. The smallest absolute Gasteiger partial charge is 0.204 e. The van der Waals surface area contributed by atoms with E-state index in [1.54, 1.807) is 0 Å². The minimum atomic E-state index is 0.108. The van der Waals surface area contributed by atoms with Crippen molar-refractivity contribution in [3.8, 4) is 11.4 Å². The Hall–Kier alpha value is -2.38. The average molecular weight is 391 g/mol. The van der Waals surface area contributed by atoms with Crippen LogP contribution in [0.2, 0.25) is 0 Å². The molecule has 4 heterocycles. The third kappa shape index (κ3) is 2.49. The molecule has 2 saturated heterocycles. The van der Waals surface area contributed by atoms with E-state index < -0.39 is 0 Å². The first-order valence-corrected chi connectivity index (χ1v) is 10.7. The second-order valence-corrected chi connectivity index (χ2v) is 9.45. The number of piperidine rings is 1. The van der Waals surface area contributed by atoms with E-state index in [9.17, 15) is 0 Å². The number of H-pyrrole nitrogens is 1. The van der Waals surface area contributed by atoms with Crippen LogP contribution >= 0.6 is 11.8 Å². The summed E-state index contributed by atoms with van der Waals surface area (Å²) in [6.07, 6.45) is 4.95. The van der Waals surface area contributed by atoms with E-state index in [1.165, 1.54) is 46.8 Å². The molecule has 0 aliphatic carbocycles. The molecule has 2 bridgehead atoms. The molecule has 2 N–H and O–H groups in total. The number of nitrogens with zero attached hydrogens (tertiary/aromatic N) is 4. The topological polar surface area (TPSA) is 69.7 Å².